The molecule has 1 aliphatic carbocycles. The number of thioether (sulfide) groups is 1. The van der Waals surface area contributed by atoms with Gasteiger partial charge in [-0.1, -0.05) is 0 Å². The summed E-state index contributed by atoms with van der Waals surface area (Å²) < 4.78 is 0. The van der Waals surface area contributed by atoms with Crippen LogP contribution in [0.4, 0.5) is 0 Å². The van der Waals surface area contributed by atoms with Crippen molar-refractivity contribution in [2.45, 2.75) is 56.9 Å². The lowest BCUT2D eigenvalue weighted by molar-refractivity contribution is -0.122. The first-order valence-electron chi connectivity index (χ1n) is 6.24. The Hall–Kier alpha value is -0.220. The van der Waals surface area contributed by atoms with Crippen molar-refractivity contribution >= 4 is 17.7 Å². The van der Waals surface area contributed by atoms with Crippen molar-refractivity contribution in [3.05, 3.63) is 0 Å². The molecule has 0 radical (unpaired) electrons. The summed E-state index contributed by atoms with van der Waals surface area (Å²) >= 11 is 1.97. The summed E-state index contributed by atoms with van der Waals surface area (Å²) in [5, 5.41) is 7.11. The van der Waals surface area contributed by atoms with Crippen LogP contribution >= 0.6 is 11.8 Å². The third-order valence-corrected chi connectivity index (χ3v) is 4.38. The number of likely N-dealkylation sites (N-methyl/N-ethyl adjacent to an activating group) is 1. The molecule has 1 amide bonds. The van der Waals surface area contributed by atoms with E-state index >= 15 is 0 Å². The molecule has 0 heterocycles. The molecule has 16 heavy (non-hydrogen) atoms. The van der Waals surface area contributed by atoms with Crippen LogP contribution in [0.5, 0.6) is 0 Å². The summed E-state index contributed by atoms with van der Waals surface area (Å²) in [6.45, 7) is 4.62. The monoisotopic (exact) mass is 244 g/mol. The lowest BCUT2D eigenvalue weighted by Crippen LogP contribution is -2.47. The first kappa shape index (κ1) is 13.8. The molecule has 0 aromatic heterocycles. The molecule has 0 aliphatic heterocycles. The summed E-state index contributed by atoms with van der Waals surface area (Å²) in [5.41, 5.74) is 0. The van der Waals surface area contributed by atoms with Crippen LogP contribution in [0.2, 0.25) is 0 Å². The zero-order valence-corrected chi connectivity index (χ0v) is 11.4. The van der Waals surface area contributed by atoms with Gasteiger partial charge in [0.1, 0.15) is 0 Å². The third-order valence-electron chi connectivity index (χ3n) is 3.24. The number of hydrogen-bond acceptors (Lipinski definition) is 3. The van der Waals surface area contributed by atoms with E-state index in [0.717, 1.165) is 5.25 Å². The molecule has 1 unspecified atom stereocenters. The predicted octanol–water partition coefficient (Wildman–Crippen LogP) is 1.77. The van der Waals surface area contributed by atoms with Gasteiger partial charge in [-0.25, -0.2) is 0 Å². The molecular formula is C12H24N2OS. The standard InChI is InChI=1S/C12H24N2OS/c1-4-13-12(15)9(2)14-10-5-7-11(16-3)8-6-10/h9-11,14H,4-8H2,1-3H3,(H,13,15). The van der Waals surface area contributed by atoms with Crippen LogP contribution in [0.3, 0.4) is 0 Å². The number of rotatable bonds is 5. The maximum Gasteiger partial charge on any atom is 0.236 e. The second-order valence-electron chi connectivity index (χ2n) is 4.49. The highest BCUT2D eigenvalue weighted by molar-refractivity contribution is 7.99. The minimum Gasteiger partial charge on any atom is -0.355 e. The van der Waals surface area contributed by atoms with E-state index in [2.05, 4.69) is 16.9 Å². The minimum atomic E-state index is -0.0595. The van der Waals surface area contributed by atoms with E-state index in [1.165, 1.54) is 25.7 Å². The fourth-order valence-corrected chi connectivity index (χ4v) is 2.97. The quantitative estimate of drug-likeness (QED) is 0.774. The Morgan fingerprint density at radius 1 is 1.38 bits per heavy atom. The van der Waals surface area contributed by atoms with E-state index < -0.39 is 0 Å². The summed E-state index contributed by atoms with van der Waals surface area (Å²) in [4.78, 5) is 11.6. The van der Waals surface area contributed by atoms with Gasteiger partial charge >= 0.3 is 0 Å². The van der Waals surface area contributed by atoms with Crippen molar-refractivity contribution in [2.75, 3.05) is 12.8 Å². The van der Waals surface area contributed by atoms with E-state index in [1.807, 2.05) is 25.6 Å². The summed E-state index contributed by atoms with van der Waals surface area (Å²) in [6, 6.07) is 0.469. The average Bonchev–Trinajstić information content (AvgIpc) is 2.30. The molecule has 0 aromatic carbocycles. The largest absolute Gasteiger partial charge is 0.355 e. The van der Waals surface area contributed by atoms with E-state index in [1.54, 1.807) is 0 Å². The highest BCUT2D eigenvalue weighted by atomic mass is 32.2. The summed E-state index contributed by atoms with van der Waals surface area (Å²) in [7, 11) is 0. The lowest BCUT2D eigenvalue weighted by atomic mass is 9.94. The zero-order chi connectivity index (χ0) is 12.0. The Morgan fingerprint density at radius 3 is 2.50 bits per heavy atom. The van der Waals surface area contributed by atoms with Gasteiger partial charge in [0.2, 0.25) is 5.91 Å². The van der Waals surface area contributed by atoms with Crippen molar-refractivity contribution in [1.29, 1.82) is 0 Å². The number of amides is 1. The number of hydrogen-bond donors (Lipinski definition) is 2. The van der Waals surface area contributed by atoms with Crippen LogP contribution < -0.4 is 10.6 Å². The first-order chi connectivity index (χ1) is 7.67. The van der Waals surface area contributed by atoms with Gasteiger partial charge in [0.05, 0.1) is 6.04 Å². The maximum absolute atomic E-state index is 11.6. The van der Waals surface area contributed by atoms with Gasteiger partial charge in [-0.05, 0) is 45.8 Å². The number of carbonyl (C=O) groups is 1. The smallest absolute Gasteiger partial charge is 0.236 e. The van der Waals surface area contributed by atoms with Crippen LogP contribution in [-0.2, 0) is 4.79 Å². The molecule has 0 spiro atoms. The van der Waals surface area contributed by atoms with Crippen molar-refractivity contribution in [3.63, 3.8) is 0 Å². The Morgan fingerprint density at radius 2 is 2.00 bits per heavy atom. The summed E-state index contributed by atoms with van der Waals surface area (Å²) in [5.74, 6) is 0.120. The molecule has 94 valence electrons. The summed E-state index contributed by atoms with van der Waals surface area (Å²) in [6.07, 6.45) is 7.15. The van der Waals surface area contributed by atoms with Crippen molar-refractivity contribution in [2.24, 2.45) is 0 Å². The van der Waals surface area contributed by atoms with Gasteiger partial charge in [-0.2, -0.15) is 11.8 Å². The topological polar surface area (TPSA) is 41.1 Å². The van der Waals surface area contributed by atoms with E-state index in [-0.39, 0.29) is 11.9 Å². The lowest BCUT2D eigenvalue weighted by Gasteiger charge is -2.30. The molecule has 2 N–H and O–H groups in total. The minimum absolute atomic E-state index is 0.0595. The molecule has 0 aromatic rings. The van der Waals surface area contributed by atoms with Gasteiger partial charge in [0, 0.05) is 17.8 Å². The average molecular weight is 244 g/mol. The normalized spacial score (nSPS) is 27.4. The van der Waals surface area contributed by atoms with Crippen LogP contribution in [0, 0.1) is 0 Å². The highest BCUT2D eigenvalue weighted by Crippen LogP contribution is 2.26. The molecule has 0 bridgehead atoms. The number of nitrogens with one attached hydrogen (secondary N) is 2. The van der Waals surface area contributed by atoms with E-state index in [4.69, 9.17) is 0 Å². The van der Waals surface area contributed by atoms with Crippen LogP contribution in [-0.4, -0.2) is 36.0 Å². The Kier molecular flexibility index (Phi) is 6.21. The molecule has 1 fully saturated rings. The van der Waals surface area contributed by atoms with Gasteiger partial charge in [-0.3, -0.25) is 4.79 Å². The molecule has 3 nitrogen and oxygen atoms in total. The van der Waals surface area contributed by atoms with E-state index in [0.29, 0.717) is 12.6 Å². The van der Waals surface area contributed by atoms with Crippen molar-refractivity contribution < 1.29 is 4.79 Å². The molecule has 4 heteroatoms. The fraction of sp³-hybridized carbons (Fsp3) is 0.917. The molecular weight excluding hydrogens is 220 g/mol. The molecule has 1 saturated carbocycles. The van der Waals surface area contributed by atoms with Gasteiger partial charge in [-0.15, -0.1) is 0 Å². The molecule has 1 rings (SSSR count). The van der Waals surface area contributed by atoms with Gasteiger partial charge in [0.15, 0.2) is 0 Å². The van der Waals surface area contributed by atoms with Gasteiger partial charge in [0.25, 0.3) is 0 Å². The second-order valence-corrected chi connectivity index (χ2v) is 5.63. The maximum atomic E-state index is 11.6. The Labute approximate surface area is 103 Å². The second kappa shape index (κ2) is 7.17. The van der Waals surface area contributed by atoms with Crippen LogP contribution in [0.1, 0.15) is 39.5 Å². The van der Waals surface area contributed by atoms with Crippen LogP contribution in [0.15, 0.2) is 0 Å². The van der Waals surface area contributed by atoms with Crippen LogP contribution in [0.25, 0.3) is 0 Å². The fourth-order valence-electron chi connectivity index (χ4n) is 2.22. The highest BCUT2D eigenvalue weighted by Gasteiger charge is 2.23. The zero-order valence-electron chi connectivity index (χ0n) is 10.6. The van der Waals surface area contributed by atoms with Gasteiger partial charge < -0.3 is 10.6 Å². The Bertz CT molecular complexity index is 215. The molecule has 1 aliphatic rings. The van der Waals surface area contributed by atoms with E-state index in [9.17, 15) is 4.79 Å². The first-order valence-corrected chi connectivity index (χ1v) is 7.52. The predicted molar refractivity (Wildman–Crippen MR) is 70.8 cm³/mol. The molecule has 0 saturated heterocycles. The van der Waals surface area contributed by atoms with Crippen molar-refractivity contribution in [1.82, 2.24) is 10.6 Å². The third kappa shape index (κ3) is 4.34. The number of carbonyl (C=O) groups excluding carboxylic acids is 1. The SMILES string of the molecule is CCNC(=O)C(C)NC1CCC(SC)CC1. The van der Waals surface area contributed by atoms with Crippen molar-refractivity contribution in [3.8, 4) is 0 Å². The molecule has 1 atom stereocenters. The Balaban J connectivity index is 2.25.